The number of nitro groups is 1. The molecule has 5 heteroatoms. The van der Waals surface area contributed by atoms with Crippen molar-refractivity contribution in [1.82, 2.24) is 0 Å². The van der Waals surface area contributed by atoms with Crippen LogP contribution in [-0.2, 0) is 6.42 Å². The predicted molar refractivity (Wildman–Crippen MR) is 53.5 cm³/mol. The van der Waals surface area contributed by atoms with Gasteiger partial charge in [-0.2, -0.15) is 0 Å². The molecule has 0 fully saturated rings. The lowest BCUT2D eigenvalue weighted by molar-refractivity contribution is -0.384. The maximum absolute atomic E-state index is 10.5. The zero-order valence-electron chi connectivity index (χ0n) is 7.61. The Morgan fingerprint density at radius 2 is 2.29 bits per heavy atom. The SMILES string of the molecule is C[C@@H](O)Cc1ccc(Cl)c([N+](=O)[O-])c1. The summed E-state index contributed by atoms with van der Waals surface area (Å²) < 4.78 is 0. The standard InChI is InChI=1S/C9H10ClNO3/c1-6(12)4-7-2-3-8(10)9(5-7)11(13)14/h2-3,5-6,12H,4H2,1H3/t6-/m1/s1. The van der Waals surface area contributed by atoms with Crippen LogP contribution in [0.25, 0.3) is 0 Å². The second-order valence-electron chi connectivity index (χ2n) is 3.10. The highest BCUT2D eigenvalue weighted by Crippen LogP contribution is 2.25. The average molecular weight is 216 g/mol. The fourth-order valence-electron chi connectivity index (χ4n) is 1.17. The van der Waals surface area contributed by atoms with Crippen molar-refractivity contribution in [3.05, 3.63) is 38.9 Å². The molecule has 0 aromatic heterocycles. The van der Waals surface area contributed by atoms with E-state index in [2.05, 4.69) is 0 Å². The van der Waals surface area contributed by atoms with Crippen LogP contribution in [0.3, 0.4) is 0 Å². The number of nitro benzene ring substituents is 1. The van der Waals surface area contributed by atoms with Crippen LogP contribution in [-0.4, -0.2) is 16.1 Å². The third-order valence-corrected chi connectivity index (χ3v) is 2.06. The first kappa shape index (κ1) is 10.9. The van der Waals surface area contributed by atoms with Gasteiger partial charge in [-0.05, 0) is 25.0 Å². The summed E-state index contributed by atoms with van der Waals surface area (Å²) in [6, 6.07) is 4.52. The number of rotatable bonds is 3. The monoisotopic (exact) mass is 215 g/mol. The second kappa shape index (κ2) is 4.39. The Bertz CT molecular complexity index is 352. The molecular formula is C9H10ClNO3. The lowest BCUT2D eigenvalue weighted by atomic mass is 10.1. The Morgan fingerprint density at radius 3 is 2.79 bits per heavy atom. The van der Waals surface area contributed by atoms with Crippen molar-refractivity contribution in [2.45, 2.75) is 19.4 Å². The average Bonchev–Trinajstić information content (AvgIpc) is 2.07. The van der Waals surface area contributed by atoms with Gasteiger partial charge in [0.1, 0.15) is 5.02 Å². The van der Waals surface area contributed by atoms with E-state index in [0.717, 1.165) is 0 Å². The summed E-state index contributed by atoms with van der Waals surface area (Å²) in [5, 5.41) is 19.7. The second-order valence-corrected chi connectivity index (χ2v) is 3.50. The van der Waals surface area contributed by atoms with E-state index in [1.165, 1.54) is 12.1 Å². The summed E-state index contributed by atoms with van der Waals surface area (Å²) in [5.41, 5.74) is 0.584. The molecule has 1 aromatic rings. The van der Waals surface area contributed by atoms with Crippen LogP contribution in [0.4, 0.5) is 5.69 Å². The largest absolute Gasteiger partial charge is 0.393 e. The zero-order valence-corrected chi connectivity index (χ0v) is 8.36. The highest BCUT2D eigenvalue weighted by Gasteiger charge is 2.13. The van der Waals surface area contributed by atoms with Crippen molar-refractivity contribution in [2.24, 2.45) is 0 Å². The van der Waals surface area contributed by atoms with Crippen LogP contribution >= 0.6 is 11.6 Å². The third kappa shape index (κ3) is 2.68. The van der Waals surface area contributed by atoms with Crippen LogP contribution < -0.4 is 0 Å². The van der Waals surface area contributed by atoms with E-state index in [0.29, 0.717) is 12.0 Å². The van der Waals surface area contributed by atoms with E-state index in [9.17, 15) is 10.1 Å². The lowest BCUT2D eigenvalue weighted by Crippen LogP contribution is -2.04. The van der Waals surface area contributed by atoms with Gasteiger partial charge in [0.05, 0.1) is 11.0 Å². The quantitative estimate of drug-likeness (QED) is 0.621. The molecule has 0 amide bonds. The van der Waals surface area contributed by atoms with Gasteiger partial charge in [0.2, 0.25) is 0 Å². The fourth-order valence-corrected chi connectivity index (χ4v) is 1.35. The van der Waals surface area contributed by atoms with Gasteiger partial charge >= 0.3 is 0 Å². The molecule has 14 heavy (non-hydrogen) atoms. The molecule has 0 heterocycles. The van der Waals surface area contributed by atoms with Crippen LogP contribution in [0.1, 0.15) is 12.5 Å². The van der Waals surface area contributed by atoms with Gasteiger partial charge in [-0.25, -0.2) is 0 Å². The Labute approximate surface area is 86.3 Å². The molecule has 0 saturated carbocycles. The molecule has 0 aliphatic carbocycles. The van der Waals surface area contributed by atoms with Crippen molar-refractivity contribution in [3.63, 3.8) is 0 Å². The smallest absolute Gasteiger partial charge is 0.288 e. The topological polar surface area (TPSA) is 63.4 Å². The normalized spacial score (nSPS) is 12.5. The number of aliphatic hydroxyl groups is 1. The number of aliphatic hydroxyl groups excluding tert-OH is 1. The molecule has 1 rings (SSSR count). The van der Waals surface area contributed by atoms with Crippen molar-refractivity contribution in [1.29, 1.82) is 0 Å². The molecule has 0 unspecified atom stereocenters. The maximum atomic E-state index is 10.5. The van der Waals surface area contributed by atoms with E-state index in [1.54, 1.807) is 13.0 Å². The van der Waals surface area contributed by atoms with Crippen LogP contribution in [0.5, 0.6) is 0 Å². The third-order valence-electron chi connectivity index (χ3n) is 1.74. The Balaban J connectivity index is 3.00. The van der Waals surface area contributed by atoms with Crippen LogP contribution in [0, 0.1) is 10.1 Å². The van der Waals surface area contributed by atoms with Gasteiger partial charge < -0.3 is 5.11 Å². The molecule has 0 aliphatic heterocycles. The molecule has 0 radical (unpaired) electrons. The predicted octanol–water partition coefficient (Wildman–Crippen LogP) is 2.17. The van der Waals surface area contributed by atoms with E-state index in [1.807, 2.05) is 0 Å². The maximum Gasteiger partial charge on any atom is 0.288 e. The number of hydrogen-bond donors (Lipinski definition) is 1. The first-order valence-corrected chi connectivity index (χ1v) is 4.49. The molecule has 0 saturated heterocycles. The highest BCUT2D eigenvalue weighted by molar-refractivity contribution is 6.32. The minimum atomic E-state index is -0.534. The Morgan fingerprint density at radius 1 is 1.64 bits per heavy atom. The summed E-state index contributed by atoms with van der Waals surface area (Å²) in [6.07, 6.45) is -0.131. The molecule has 0 bridgehead atoms. The molecule has 1 atom stereocenters. The molecule has 0 aliphatic rings. The Hall–Kier alpha value is -1.13. The molecule has 0 spiro atoms. The van der Waals surface area contributed by atoms with Gasteiger partial charge in [-0.15, -0.1) is 0 Å². The van der Waals surface area contributed by atoms with Crippen molar-refractivity contribution >= 4 is 17.3 Å². The minimum Gasteiger partial charge on any atom is -0.393 e. The van der Waals surface area contributed by atoms with Crippen LogP contribution in [0.2, 0.25) is 5.02 Å². The number of halogens is 1. The molecule has 4 nitrogen and oxygen atoms in total. The number of hydrogen-bond acceptors (Lipinski definition) is 3. The van der Waals surface area contributed by atoms with Crippen molar-refractivity contribution in [2.75, 3.05) is 0 Å². The highest BCUT2D eigenvalue weighted by atomic mass is 35.5. The summed E-state index contributed by atoms with van der Waals surface area (Å²) >= 11 is 5.62. The first-order chi connectivity index (χ1) is 6.50. The van der Waals surface area contributed by atoms with Gasteiger partial charge in [0, 0.05) is 6.07 Å². The van der Waals surface area contributed by atoms with E-state index < -0.39 is 11.0 Å². The van der Waals surface area contributed by atoms with Crippen LogP contribution in [0.15, 0.2) is 18.2 Å². The van der Waals surface area contributed by atoms with Crippen molar-refractivity contribution in [3.8, 4) is 0 Å². The van der Waals surface area contributed by atoms with E-state index in [-0.39, 0.29) is 10.7 Å². The lowest BCUT2D eigenvalue weighted by Gasteiger charge is -2.04. The number of benzene rings is 1. The fraction of sp³-hybridized carbons (Fsp3) is 0.333. The van der Waals surface area contributed by atoms with Gasteiger partial charge in [-0.1, -0.05) is 17.7 Å². The van der Waals surface area contributed by atoms with Gasteiger partial charge in [-0.3, -0.25) is 10.1 Å². The summed E-state index contributed by atoms with van der Waals surface area (Å²) in [7, 11) is 0. The minimum absolute atomic E-state index is 0.115. The van der Waals surface area contributed by atoms with Crippen molar-refractivity contribution < 1.29 is 10.0 Å². The molecule has 76 valence electrons. The number of nitrogens with zero attached hydrogens (tertiary/aromatic N) is 1. The summed E-state index contributed by atoms with van der Waals surface area (Å²) in [4.78, 5) is 9.98. The summed E-state index contributed by atoms with van der Waals surface area (Å²) in [6.45, 7) is 1.63. The van der Waals surface area contributed by atoms with E-state index in [4.69, 9.17) is 16.7 Å². The summed E-state index contributed by atoms with van der Waals surface area (Å²) in [5.74, 6) is 0. The molecule has 1 N–H and O–H groups in total. The van der Waals surface area contributed by atoms with E-state index >= 15 is 0 Å². The first-order valence-electron chi connectivity index (χ1n) is 4.11. The zero-order chi connectivity index (χ0) is 10.7. The molecular weight excluding hydrogens is 206 g/mol. The van der Waals surface area contributed by atoms with Gasteiger partial charge in [0.15, 0.2) is 0 Å². The Kier molecular flexibility index (Phi) is 3.43. The molecule has 1 aromatic carbocycles. The van der Waals surface area contributed by atoms with Gasteiger partial charge in [0.25, 0.3) is 5.69 Å².